The summed E-state index contributed by atoms with van der Waals surface area (Å²) in [5.74, 6) is -3.74. The van der Waals surface area contributed by atoms with Crippen molar-refractivity contribution in [3.8, 4) is 0 Å². The standard InChI is InChI=1S/C14H18F3N/c1-4-5-18-13(6-9(2)3)10-7-11(15)14(17)12(16)8-10/h6-8,13,18H,4-5H2,1-3H3. The second-order valence-electron chi connectivity index (χ2n) is 4.47. The highest BCUT2D eigenvalue weighted by atomic mass is 19.2. The Morgan fingerprint density at radius 1 is 1.22 bits per heavy atom. The molecule has 1 atom stereocenters. The van der Waals surface area contributed by atoms with Crippen LogP contribution in [0.25, 0.3) is 0 Å². The maximum absolute atomic E-state index is 13.2. The van der Waals surface area contributed by atoms with Crippen LogP contribution in [0.4, 0.5) is 13.2 Å². The first-order chi connectivity index (χ1) is 8.45. The number of hydrogen-bond donors (Lipinski definition) is 1. The first kappa shape index (κ1) is 14.8. The molecular formula is C14H18F3N. The van der Waals surface area contributed by atoms with Crippen LogP contribution >= 0.6 is 0 Å². The summed E-state index contributed by atoms with van der Waals surface area (Å²) in [6.45, 7) is 6.52. The van der Waals surface area contributed by atoms with Crippen molar-refractivity contribution >= 4 is 0 Å². The van der Waals surface area contributed by atoms with Crippen LogP contribution in [0.1, 0.15) is 38.8 Å². The van der Waals surface area contributed by atoms with Crippen molar-refractivity contribution in [3.63, 3.8) is 0 Å². The van der Waals surface area contributed by atoms with Gasteiger partial charge < -0.3 is 5.32 Å². The lowest BCUT2D eigenvalue weighted by Gasteiger charge is -2.16. The monoisotopic (exact) mass is 257 g/mol. The molecule has 0 radical (unpaired) electrons. The molecule has 0 aliphatic carbocycles. The van der Waals surface area contributed by atoms with Crippen LogP contribution in [0.5, 0.6) is 0 Å². The number of halogens is 3. The topological polar surface area (TPSA) is 12.0 Å². The second kappa shape index (κ2) is 6.59. The van der Waals surface area contributed by atoms with E-state index in [2.05, 4.69) is 5.32 Å². The lowest BCUT2D eigenvalue weighted by molar-refractivity contribution is 0.442. The van der Waals surface area contributed by atoms with Gasteiger partial charge in [-0.05, 0) is 44.5 Å². The SMILES string of the molecule is CCCNC(C=C(C)C)c1cc(F)c(F)c(F)c1. The Balaban J connectivity index is 3.08. The Hall–Kier alpha value is -1.29. The lowest BCUT2D eigenvalue weighted by Crippen LogP contribution is -2.21. The van der Waals surface area contributed by atoms with E-state index in [1.807, 2.05) is 26.8 Å². The van der Waals surface area contributed by atoms with Gasteiger partial charge in [0.05, 0.1) is 6.04 Å². The third-order valence-electron chi connectivity index (χ3n) is 2.48. The van der Waals surface area contributed by atoms with E-state index in [-0.39, 0.29) is 6.04 Å². The molecule has 0 saturated heterocycles. The van der Waals surface area contributed by atoms with Gasteiger partial charge >= 0.3 is 0 Å². The van der Waals surface area contributed by atoms with Gasteiger partial charge in [0.2, 0.25) is 0 Å². The Labute approximate surface area is 106 Å². The number of nitrogens with one attached hydrogen (secondary N) is 1. The minimum atomic E-state index is -1.43. The molecule has 4 heteroatoms. The van der Waals surface area contributed by atoms with Gasteiger partial charge in [-0.2, -0.15) is 0 Å². The van der Waals surface area contributed by atoms with Crippen molar-refractivity contribution in [3.05, 3.63) is 46.8 Å². The highest BCUT2D eigenvalue weighted by molar-refractivity contribution is 5.26. The molecule has 1 N–H and O–H groups in total. The third-order valence-corrected chi connectivity index (χ3v) is 2.48. The van der Waals surface area contributed by atoms with E-state index in [1.165, 1.54) is 0 Å². The zero-order chi connectivity index (χ0) is 13.7. The van der Waals surface area contributed by atoms with E-state index in [9.17, 15) is 13.2 Å². The van der Waals surface area contributed by atoms with Gasteiger partial charge in [0, 0.05) is 0 Å². The predicted molar refractivity (Wildman–Crippen MR) is 66.8 cm³/mol. The average molecular weight is 257 g/mol. The summed E-state index contributed by atoms with van der Waals surface area (Å²) >= 11 is 0. The van der Waals surface area contributed by atoms with Crippen LogP contribution in [0.15, 0.2) is 23.8 Å². The van der Waals surface area contributed by atoms with E-state index in [1.54, 1.807) is 0 Å². The molecule has 1 unspecified atom stereocenters. The zero-order valence-electron chi connectivity index (χ0n) is 10.9. The van der Waals surface area contributed by atoms with Gasteiger partial charge in [-0.3, -0.25) is 0 Å². The second-order valence-corrected chi connectivity index (χ2v) is 4.47. The van der Waals surface area contributed by atoms with Crippen molar-refractivity contribution in [2.45, 2.75) is 33.2 Å². The summed E-state index contributed by atoms with van der Waals surface area (Å²) in [6, 6.07) is 1.76. The van der Waals surface area contributed by atoms with Gasteiger partial charge in [-0.15, -0.1) is 0 Å². The average Bonchev–Trinajstić information content (AvgIpc) is 2.30. The summed E-state index contributed by atoms with van der Waals surface area (Å²) in [4.78, 5) is 0. The third kappa shape index (κ3) is 3.88. The largest absolute Gasteiger partial charge is 0.307 e. The fraction of sp³-hybridized carbons (Fsp3) is 0.429. The molecule has 0 fully saturated rings. The molecule has 0 aliphatic heterocycles. The molecule has 0 saturated carbocycles. The van der Waals surface area contributed by atoms with Crippen LogP contribution in [0.3, 0.4) is 0 Å². The molecule has 0 aliphatic rings. The van der Waals surface area contributed by atoms with E-state index in [4.69, 9.17) is 0 Å². The summed E-state index contributed by atoms with van der Waals surface area (Å²) in [6.07, 6.45) is 2.76. The fourth-order valence-electron chi connectivity index (χ4n) is 1.66. The smallest absolute Gasteiger partial charge is 0.194 e. The van der Waals surface area contributed by atoms with Crippen LogP contribution in [-0.4, -0.2) is 6.54 Å². The van der Waals surface area contributed by atoms with Crippen LogP contribution < -0.4 is 5.32 Å². The summed E-state index contributed by atoms with van der Waals surface area (Å²) < 4.78 is 39.3. The van der Waals surface area contributed by atoms with E-state index in [0.717, 1.165) is 30.7 Å². The van der Waals surface area contributed by atoms with Crippen molar-refractivity contribution in [1.29, 1.82) is 0 Å². The van der Waals surface area contributed by atoms with Crippen molar-refractivity contribution in [2.75, 3.05) is 6.54 Å². The number of rotatable bonds is 5. The van der Waals surface area contributed by atoms with E-state index < -0.39 is 17.5 Å². The number of benzene rings is 1. The molecule has 0 aromatic heterocycles. The molecule has 18 heavy (non-hydrogen) atoms. The maximum atomic E-state index is 13.2. The van der Waals surface area contributed by atoms with Gasteiger partial charge in [0.15, 0.2) is 17.5 Å². The molecule has 1 rings (SSSR count). The van der Waals surface area contributed by atoms with Crippen LogP contribution in [0, 0.1) is 17.5 Å². The molecule has 0 heterocycles. The first-order valence-corrected chi connectivity index (χ1v) is 5.98. The minimum absolute atomic E-state index is 0.306. The number of allylic oxidation sites excluding steroid dienone is 1. The van der Waals surface area contributed by atoms with Gasteiger partial charge in [-0.25, -0.2) is 13.2 Å². The Bertz CT molecular complexity index is 414. The lowest BCUT2D eigenvalue weighted by atomic mass is 10.0. The molecule has 100 valence electrons. The molecular weight excluding hydrogens is 239 g/mol. The fourth-order valence-corrected chi connectivity index (χ4v) is 1.66. The van der Waals surface area contributed by atoms with Crippen LogP contribution in [0.2, 0.25) is 0 Å². The molecule has 1 aromatic rings. The summed E-state index contributed by atoms with van der Waals surface area (Å²) in [5, 5.41) is 3.16. The van der Waals surface area contributed by atoms with Crippen molar-refractivity contribution in [1.82, 2.24) is 5.32 Å². The van der Waals surface area contributed by atoms with E-state index in [0.29, 0.717) is 5.56 Å². The highest BCUT2D eigenvalue weighted by Gasteiger charge is 2.15. The minimum Gasteiger partial charge on any atom is -0.307 e. The van der Waals surface area contributed by atoms with Gasteiger partial charge in [-0.1, -0.05) is 18.6 Å². The first-order valence-electron chi connectivity index (χ1n) is 5.98. The summed E-state index contributed by atoms with van der Waals surface area (Å²) in [7, 11) is 0. The van der Waals surface area contributed by atoms with Crippen LogP contribution in [-0.2, 0) is 0 Å². The van der Waals surface area contributed by atoms with Crippen molar-refractivity contribution in [2.24, 2.45) is 0 Å². The Kier molecular flexibility index (Phi) is 5.41. The summed E-state index contributed by atoms with van der Waals surface area (Å²) in [5.41, 5.74) is 1.41. The molecule has 0 bridgehead atoms. The molecule has 0 amide bonds. The predicted octanol–water partition coefficient (Wildman–Crippen LogP) is 4.11. The molecule has 0 spiro atoms. The zero-order valence-corrected chi connectivity index (χ0v) is 10.9. The Morgan fingerprint density at radius 2 is 1.78 bits per heavy atom. The maximum Gasteiger partial charge on any atom is 0.194 e. The molecule has 1 nitrogen and oxygen atoms in total. The normalized spacial score (nSPS) is 12.3. The molecule has 1 aromatic carbocycles. The number of hydrogen-bond acceptors (Lipinski definition) is 1. The van der Waals surface area contributed by atoms with Gasteiger partial charge in [0.25, 0.3) is 0 Å². The van der Waals surface area contributed by atoms with E-state index >= 15 is 0 Å². The van der Waals surface area contributed by atoms with Crippen molar-refractivity contribution < 1.29 is 13.2 Å². The Morgan fingerprint density at radius 3 is 2.22 bits per heavy atom. The quantitative estimate of drug-likeness (QED) is 0.618. The van der Waals surface area contributed by atoms with Gasteiger partial charge in [0.1, 0.15) is 0 Å². The highest BCUT2D eigenvalue weighted by Crippen LogP contribution is 2.21.